The number of halogens is 2. The van der Waals surface area contributed by atoms with E-state index in [1.807, 2.05) is 56.3 Å². The molecule has 1 amide bonds. The number of carbonyl (C=O) groups excluding carboxylic acids is 1. The highest BCUT2D eigenvalue weighted by Crippen LogP contribution is 2.35. The maximum atomic E-state index is 12.9. The highest BCUT2D eigenvalue weighted by atomic mass is 79.9. The zero-order valence-electron chi connectivity index (χ0n) is 19.8. The maximum Gasteiger partial charge on any atom is 0.412 e. The molecule has 2 atom stereocenters. The third-order valence-electron chi connectivity index (χ3n) is 5.61. The van der Waals surface area contributed by atoms with Crippen molar-refractivity contribution in [3.8, 4) is 16.9 Å². The van der Waals surface area contributed by atoms with Crippen LogP contribution in [0.15, 0.2) is 91.5 Å². The average Bonchev–Trinajstić information content (AvgIpc) is 3.43. The Bertz CT molecular complexity index is 1250. The van der Waals surface area contributed by atoms with Gasteiger partial charge in [0.2, 0.25) is 6.23 Å². The second-order valence-corrected chi connectivity index (χ2v) is 9.85. The largest absolute Gasteiger partial charge is 0.465 e. The molecule has 1 heterocycles. The third kappa shape index (κ3) is 6.44. The van der Waals surface area contributed by atoms with E-state index in [0.29, 0.717) is 21.8 Å². The molecule has 0 fully saturated rings. The second kappa shape index (κ2) is 11.6. The number of rotatable bonds is 9. The standard InChI is InChI=1S/C27H26BrClN4O3/c1-27(2,16-28)24(36-26(34)32-22-12-10-21(29)11-13-22)25(33-18-30-17-31-33)35-23-14-8-20(9-15-23)19-6-4-3-5-7-19/h3-15,17-18,24-25H,16H2,1-2H3,(H,32,34). The predicted molar refractivity (Wildman–Crippen MR) is 144 cm³/mol. The van der Waals surface area contributed by atoms with Crippen molar-refractivity contribution >= 4 is 39.3 Å². The summed E-state index contributed by atoms with van der Waals surface area (Å²) in [6.07, 6.45) is 0.824. The number of nitrogens with one attached hydrogen (secondary N) is 1. The summed E-state index contributed by atoms with van der Waals surface area (Å²) in [5.41, 5.74) is 2.21. The molecule has 0 bridgehead atoms. The topological polar surface area (TPSA) is 78.3 Å². The van der Waals surface area contributed by atoms with Crippen LogP contribution in [0.1, 0.15) is 20.1 Å². The number of ether oxygens (including phenoxy) is 2. The maximum absolute atomic E-state index is 12.9. The minimum atomic E-state index is -0.779. The van der Waals surface area contributed by atoms with Crippen molar-refractivity contribution in [2.75, 3.05) is 10.6 Å². The highest BCUT2D eigenvalue weighted by Gasteiger charge is 2.41. The predicted octanol–water partition coefficient (Wildman–Crippen LogP) is 7.21. The van der Waals surface area contributed by atoms with Gasteiger partial charge in [-0.15, -0.1) is 0 Å². The zero-order chi connectivity index (χ0) is 25.5. The summed E-state index contributed by atoms with van der Waals surface area (Å²) in [6, 6.07) is 24.6. The van der Waals surface area contributed by atoms with Crippen LogP contribution in [0.2, 0.25) is 5.02 Å². The Kier molecular flexibility index (Phi) is 8.28. The number of anilines is 1. The van der Waals surface area contributed by atoms with Gasteiger partial charge in [-0.1, -0.05) is 83.8 Å². The summed E-state index contributed by atoms with van der Waals surface area (Å²) in [5, 5.41) is 8.15. The fraction of sp³-hybridized carbons (Fsp3) is 0.222. The Labute approximate surface area is 223 Å². The molecule has 0 aliphatic heterocycles. The van der Waals surface area contributed by atoms with Crippen LogP contribution in [-0.4, -0.2) is 32.3 Å². The molecular weight excluding hydrogens is 544 g/mol. The van der Waals surface area contributed by atoms with Crippen molar-refractivity contribution in [2.45, 2.75) is 26.2 Å². The van der Waals surface area contributed by atoms with Crippen LogP contribution in [0, 0.1) is 5.41 Å². The molecule has 186 valence electrons. The molecule has 0 saturated heterocycles. The molecule has 9 heteroatoms. The number of nitrogens with zero attached hydrogens (tertiary/aromatic N) is 3. The lowest BCUT2D eigenvalue weighted by atomic mass is 9.87. The number of hydrogen-bond donors (Lipinski definition) is 1. The van der Waals surface area contributed by atoms with E-state index in [0.717, 1.165) is 11.1 Å². The van der Waals surface area contributed by atoms with Gasteiger partial charge >= 0.3 is 6.09 Å². The van der Waals surface area contributed by atoms with Gasteiger partial charge in [-0.2, -0.15) is 5.10 Å². The quantitative estimate of drug-likeness (QED) is 0.215. The second-order valence-electron chi connectivity index (χ2n) is 8.85. The van der Waals surface area contributed by atoms with Crippen molar-refractivity contribution in [1.82, 2.24) is 14.8 Å². The van der Waals surface area contributed by atoms with Gasteiger partial charge in [-0.05, 0) is 47.5 Å². The highest BCUT2D eigenvalue weighted by molar-refractivity contribution is 9.09. The first kappa shape index (κ1) is 25.7. The summed E-state index contributed by atoms with van der Waals surface area (Å²) < 4.78 is 13.9. The average molecular weight is 570 g/mol. The summed E-state index contributed by atoms with van der Waals surface area (Å²) in [5.74, 6) is 0.604. The first-order chi connectivity index (χ1) is 17.4. The molecule has 0 aliphatic rings. The Balaban J connectivity index is 1.59. The number of amides is 1. The first-order valence-corrected chi connectivity index (χ1v) is 12.8. The van der Waals surface area contributed by atoms with Gasteiger partial charge in [0.05, 0.1) is 0 Å². The SMILES string of the molecule is CC(C)(CBr)C(OC(=O)Nc1ccc(Cl)cc1)C(Oc1ccc(-c2ccccc2)cc1)n1cncn1. The number of benzene rings is 3. The molecule has 0 aliphatic carbocycles. The number of alkyl halides is 1. The fourth-order valence-electron chi connectivity index (χ4n) is 3.57. The van der Waals surface area contributed by atoms with Crippen LogP contribution in [0.5, 0.6) is 5.75 Å². The van der Waals surface area contributed by atoms with Crippen LogP contribution in [0.25, 0.3) is 11.1 Å². The van der Waals surface area contributed by atoms with Crippen LogP contribution in [0.4, 0.5) is 10.5 Å². The monoisotopic (exact) mass is 568 g/mol. The van der Waals surface area contributed by atoms with Gasteiger partial charge in [0.1, 0.15) is 18.4 Å². The van der Waals surface area contributed by atoms with E-state index in [1.54, 1.807) is 35.3 Å². The van der Waals surface area contributed by atoms with Gasteiger partial charge in [0, 0.05) is 21.5 Å². The number of aromatic nitrogens is 3. The Morgan fingerprint density at radius 3 is 2.31 bits per heavy atom. The van der Waals surface area contributed by atoms with Crippen LogP contribution >= 0.6 is 27.5 Å². The Hall–Kier alpha value is -3.36. The van der Waals surface area contributed by atoms with Crippen molar-refractivity contribution in [2.24, 2.45) is 5.41 Å². The van der Waals surface area contributed by atoms with Gasteiger partial charge in [0.15, 0.2) is 6.10 Å². The minimum absolute atomic E-state index is 0.530. The molecule has 1 aromatic heterocycles. The van der Waals surface area contributed by atoms with Crippen molar-refractivity contribution in [3.05, 3.63) is 96.5 Å². The first-order valence-electron chi connectivity index (χ1n) is 11.3. The molecule has 3 aromatic carbocycles. The Morgan fingerprint density at radius 2 is 1.69 bits per heavy atom. The van der Waals surface area contributed by atoms with E-state index in [9.17, 15) is 4.79 Å². The molecule has 4 rings (SSSR count). The molecule has 0 saturated carbocycles. The summed E-state index contributed by atoms with van der Waals surface area (Å²) >= 11 is 9.51. The van der Waals surface area contributed by atoms with E-state index < -0.39 is 23.8 Å². The zero-order valence-corrected chi connectivity index (χ0v) is 22.2. The molecule has 0 radical (unpaired) electrons. The fourth-order valence-corrected chi connectivity index (χ4v) is 4.02. The minimum Gasteiger partial charge on any atom is -0.465 e. The van der Waals surface area contributed by atoms with Crippen LogP contribution < -0.4 is 10.1 Å². The summed E-state index contributed by atoms with van der Waals surface area (Å²) in [6.45, 7) is 3.96. The lowest BCUT2D eigenvalue weighted by molar-refractivity contribution is -0.0740. The van der Waals surface area contributed by atoms with Crippen molar-refractivity contribution in [1.29, 1.82) is 0 Å². The molecule has 1 N–H and O–H groups in total. The van der Waals surface area contributed by atoms with E-state index in [4.69, 9.17) is 21.1 Å². The molecule has 2 unspecified atom stereocenters. The molecular formula is C27H26BrClN4O3. The molecule has 36 heavy (non-hydrogen) atoms. The van der Waals surface area contributed by atoms with Gasteiger partial charge in [-0.25, -0.2) is 14.5 Å². The van der Waals surface area contributed by atoms with E-state index in [-0.39, 0.29) is 0 Å². The van der Waals surface area contributed by atoms with E-state index in [1.165, 1.54) is 6.33 Å². The molecule has 4 aromatic rings. The summed E-state index contributed by atoms with van der Waals surface area (Å²) in [7, 11) is 0. The Morgan fingerprint density at radius 1 is 1.03 bits per heavy atom. The van der Waals surface area contributed by atoms with Gasteiger partial charge in [-0.3, -0.25) is 5.32 Å². The van der Waals surface area contributed by atoms with Crippen LogP contribution in [0.3, 0.4) is 0 Å². The van der Waals surface area contributed by atoms with Crippen molar-refractivity contribution in [3.63, 3.8) is 0 Å². The lowest BCUT2D eigenvalue weighted by Crippen LogP contribution is -2.45. The number of carbonyl (C=O) groups is 1. The molecule has 0 spiro atoms. The smallest absolute Gasteiger partial charge is 0.412 e. The third-order valence-corrected chi connectivity index (χ3v) is 7.31. The summed E-state index contributed by atoms with van der Waals surface area (Å²) in [4.78, 5) is 17.0. The van der Waals surface area contributed by atoms with Gasteiger partial charge < -0.3 is 9.47 Å². The lowest BCUT2D eigenvalue weighted by Gasteiger charge is -2.37. The van der Waals surface area contributed by atoms with Crippen LogP contribution in [-0.2, 0) is 4.74 Å². The molecule has 7 nitrogen and oxygen atoms in total. The normalized spacial score (nSPS) is 13.0. The van der Waals surface area contributed by atoms with Gasteiger partial charge in [0.25, 0.3) is 0 Å². The van der Waals surface area contributed by atoms with E-state index >= 15 is 0 Å². The number of hydrogen-bond acceptors (Lipinski definition) is 5. The van der Waals surface area contributed by atoms with E-state index in [2.05, 4.69) is 43.5 Å². The van der Waals surface area contributed by atoms with Crippen molar-refractivity contribution < 1.29 is 14.3 Å².